The van der Waals surface area contributed by atoms with E-state index >= 15 is 0 Å². The third-order valence-corrected chi connectivity index (χ3v) is 3.58. The van der Waals surface area contributed by atoms with Gasteiger partial charge in [0.1, 0.15) is 0 Å². The zero-order chi connectivity index (χ0) is 16.8. The summed E-state index contributed by atoms with van der Waals surface area (Å²) >= 11 is 0. The number of ether oxygens (including phenoxy) is 1. The summed E-state index contributed by atoms with van der Waals surface area (Å²) in [5.74, 6) is 0.382. The molecule has 0 radical (unpaired) electrons. The highest BCUT2D eigenvalue weighted by Gasteiger charge is 2.02. The molecule has 0 aliphatic rings. The van der Waals surface area contributed by atoms with Crippen molar-refractivity contribution < 1.29 is 14.6 Å². The molecule has 2 unspecified atom stereocenters. The summed E-state index contributed by atoms with van der Waals surface area (Å²) in [5.41, 5.74) is 0.932. The zero-order valence-corrected chi connectivity index (χ0v) is 14.3. The highest BCUT2D eigenvalue weighted by Crippen LogP contribution is 2.10. The second kappa shape index (κ2) is 13.1. The zero-order valence-electron chi connectivity index (χ0n) is 14.3. The van der Waals surface area contributed by atoms with Gasteiger partial charge < -0.3 is 9.84 Å². The van der Waals surface area contributed by atoms with Gasteiger partial charge in [-0.25, -0.2) is 4.79 Å². The van der Waals surface area contributed by atoms with Crippen molar-refractivity contribution in [2.24, 2.45) is 5.92 Å². The van der Waals surface area contributed by atoms with Gasteiger partial charge in [0, 0.05) is 6.08 Å². The standard InChI is InChI=1S/C19H30O3/c1-5-16(2)12-8-6-9-13-17(3)18(20)14-10-7-11-15-19(21)22-4/h6-7,9-11,13,15-16,18,20H,5,8,12,14H2,1-4H3/b9-6+,10-7+,15-11+,17-13+. The number of aliphatic hydroxyl groups is 1. The molecule has 0 aromatic rings. The fourth-order valence-corrected chi connectivity index (χ4v) is 1.69. The Hall–Kier alpha value is -1.61. The molecule has 0 heterocycles. The first-order chi connectivity index (χ1) is 10.5. The van der Waals surface area contributed by atoms with E-state index < -0.39 is 6.10 Å². The molecular weight excluding hydrogens is 276 g/mol. The number of rotatable bonds is 10. The number of carbonyl (C=O) groups is 1. The Balaban J connectivity index is 4.09. The van der Waals surface area contributed by atoms with Gasteiger partial charge in [-0.05, 0) is 37.7 Å². The van der Waals surface area contributed by atoms with Gasteiger partial charge in [0.2, 0.25) is 0 Å². The van der Waals surface area contributed by atoms with Crippen molar-refractivity contribution >= 4 is 5.97 Å². The van der Waals surface area contributed by atoms with Crippen molar-refractivity contribution in [3.05, 3.63) is 48.1 Å². The molecule has 0 bridgehead atoms. The monoisotopic (exact) mass is 306 g/mol. The number of methoxy groups -OCH3 is 1. The maximum atomic E-state index is 10.8. The molecule has 0 aromatic carbocycles. The molecule has 0 aromatic heterocycles. The summed E-state index contributed by atoms with van der Waals surface area (Å²) in [4.78, 5) is 10.8. The molecule has 0 fully saturated rings. The van der Waals surface area contributed by atoms with Crippen LogP contribution in [0.25, 0.3) is 0 Å². The summed E-state index contributed by atoms with van der Waals surface area (Å²) in [7, 11) is 1.34. The largest absolute Gasteiger partial charge is 0.466 e. The van der Waals surface area contributed by atoms with Gasteiger partial charge in [-0.3, -0.25) is 0 Å². The van der Waals surface area contributed by atoms with Crippen molar-refractivity contribution in [2.45, 2.75) is 52.6 Å². The van der Waals surface area contributed by atoms with Gasteiger partial charge in [-0.15, -0.1) is 0 Å². The maximum absolute atomic E-state index is 10.8. The SMILES string of the molecule is CCC(C)CC/C=C/C=C(\C)C(O)C/C=C/C=C/C(=O)OC. The van der Waals surface area contributed by atoms with E-state index in [1.165, 1.54) is 26.0 Å². The van der Waals surface area contributed by atoms with E-state index in [1.807, 2.05) is 25.2 Å². The normalized spacial score (nSPS) is 15.8. The van der Waals surface area contributed by atoms with E-state index in [4.69, 9.17) is 0 Å². The van der Waals surface area contributed by atoms with E-state index in [-0.39, 0.29) is 5.97 Å². The lowest BCUT2D eigenvalue weighted by Gasteiger charge is -2.07. The maximum Gasteiger partial charge on any atom is 0.330 e. The molecule has 22 heavy (non-hydrogen) atoms. The lowest BCUT2D eigenvalue weighted by atomic mass is 10.0. The van der Waals surface area contributed by atoms with Crippen molar-refractivity contribution in [1.29, 1.82) is 0 Å². The van der Waals surface area contributed by atoms with E-state index in [0.29, 0.717) is 6.42 Å². The Bertz CT molecular complexity index is 416. The Morgan fingerprint density at radius 2 is 1.95 bits per heavy atom. The quantitative estimate of drug-likeness (QED) is 0.371. The average Bonchev–Trinajstić information content (AvgIpc) is 2.52. The third kappa shape index (κ3) is 11.1. The van der Waals surface area contributed by atoms with E-state index in [9.17, 15) is 9.90 Å². The lowest BCUT2D eigenvalue weighted by molar-refractivity contribution is -0.134. The van der Waals surface area contributed by atoms with Crippen LogP contribution in [0, 0.1) is 5.92 Å². The Morgan fingerprint density at radius 1 is 1.23 bits per heavy atom. The molecule has 0 rings (SSSR count). The van der Waals surface area contributed by atoms with Crippen molar-refractivity contribution in [1.82, 2.24) is 0 Å². The highest BCUT2D eigenvalue weighted by molar-refractivity contribution is 5.82. The van der Waals surface area contributed by atoms with Crippen molar-refractivity contribution in [3.8, 4) is 0 Å². The molecule has 0 saturated heterocycles. The predicted octanol–water partition coefficient (Wildman–Crippen LogP) is 4.35. The van der Waals surface area contributed by atoms with Crippen LogP contribution in [0.15, 0.2) is 48.1 Å². The molecule has 124 valence electrons. The fourth-order valence-electron chi connectivity index (χ4n) is 1.69. The second-order valence-electron chi connectivity index (χ2n) is 5.49. The smallest absolute Gasteiger partial charge is 0.330 e. The molecule has 3 nitrogen and oxygen atoms in total. The molecule has 0 aliphatic carbocycles. The first-order valence-electron chi connectivity index (χ1n) is 7.93. The van der Waals surface area contributed by atoms with Crippen molar-refractivity contribution in [2.75, 3.05) is 7.11 Å². The van der Waals surface area contributed by atoms with Crippen molar-refractivity contribution in [3.63, 3.8) is 0 Å². The van der Waals surface area contributed by atoms with Crippen LogP contribution >= 0.6 is 0 Å². The number of carbonyl (C=O) groups excluding carboxylic acids is 1. The average molecular weight is 306 g/mol. The fraction of sp³-hybridized carbons (Fsp3) is 0.526. The third-order valence-electron chi connectivity index (χ3n) is 3.58. The molecule has 3 heteroatoms. The minimum atomic E-state index is -0.498. The van der Waals surface area contributed by atoms with Crippen LogP contribution < -0.4 is 0 Å². The Labute approximate surface area is 135 Å². The topological polar surface area (TPSA) is 46.5 Å². The minimum absolute atomic E-state index is 0.385. The lowest BCUT2D eigenvalue weighted by Crippen LogP contribution is -2.05. The summed E-state index contributed by atoms with van der Waals surface area (Å²) in [5, 5.41) is 9.99. The van der Waals surface area contributed by atoms with E-state index in [2.05, 4.69) is 24.7 Å². The minimum Gasteiger partial charge on any atom is -0.466 e. The molecule has 0 amide bonds. The summed E-state index contributed by atoms with van der Waals surface area (Å²) in [6, 6.07) is 0. The number of aliphatic hydroxyl groups excluding tert-OH is 1. The van der Waals surface area contributed by atoms with Crippen LogP contribution in [0.2, 0.25) is 0 Å². The number of hydrogen-bond donors (Lipinski definition) is 1. The second-order valence-corrected chi connectivity index (χ2v) is 5.49. The molecule has 1 N–H and O–H groups in total. The van der Waals surface area contributed by atoms with Gasteiger partial charge in [-0.2, -0.15) is 0 Å². The molecule has 0 spiro atoms. The van der Waals surface area contributed by atoms with Crippen LogP contribution in [-0.2, 0) is 9.53 Å². The first-order valence-corrected chi connectivity index (χ1v) is 7.93. The van der Waals surface area contributed by atoms with Crippen LogP contribution in [0.4, 0.5) is 0 Å². The summed E-state index contributed by atoms with van der Waals surface area (Å²) in [6.07, 6.45) is 16.2. The predicted molar refractivity (Wildman–Crippen MR) is 92.5 cm³/mol. The number of hydrogen-bond acceptors (Lipinski definition) is 3. The summed E-state index contributed by atoms with van der Waals surface area (Å²) in [6.45, 7) is 6.39. The highest BCUT2D eigenvalue weighted by atomic mass is 16.5. The van der Waals surface area contributed by atoms with Gasteiger partial charge in [0.25, 0.3) is 0 Å². The van der Waals surface area contributed by atoms with E-state index in [1.54, 1.807) is 12.2 Å². The van der Waals surface area contributed by atoms with Gasteiger partial charge >= 0.3 is 5.97 Å². The van der Waals surface area contributed by atoms with Crippen LogP contribution in [0.1, 0.15) is 46.5 Å². The molecular formula is C19H30O3. The van der Waals surface area contributed by atoms with Gasteiger partial charge in [0.15, 0.2) is 0 Å². The van der Waals surface area contributed by atoms with Gasteiger partial charge in [0.05, 0.1) is 13.2 Å². The Morgan fingerprint density at radius 3 is 2.59 bits per heavy atom. The Kier molecular flexibility index (Phi) is 12.1. The van der Waals surface area contributed by atoms with Gasteiger partial charge in [-0.1, -0.05) is 56.7 Å². The summed E-state index contributed by atoms with van der Waals surface area (Å²) < 4.78 is 4.48. The van der Waals surface area contributed by atoms with Crippen LogP contribution in [0.3, 0.4) is 0 Å². The molecule has 0 aliphatic heterocycles. The van der Waals surface area contributed by atoms with E-state index in [0.717, 1.165) is 17.9 Å². The molecule has 2 atom stereocenters. The number of esters is 1. The number of allylic oxidation sites excluding steroid dienone is 5. The van der Waals surface area contributed by atoms with Crippen LogP contribution in [-0.4, -0.2) is 24.3 Å². The first kappa shape index (κ1) is 20.4. The molecule has 0 saturated carbocycles. The van der Waals surface area contributed by atoms with Crippen LogP contribution in [0.5, 0.6) is 0 Å².